The fraction of sp³-hybridized carbons (Fsp3) is 0.500. The van der Waals surface area contributed by atoms with Gasteiger partial charge in [0.05, 0.1) is 18.1 Å². The van der Waals surface area contributed by atoms with Gasteiger partial charge in [0.2, 0.25) is 5.91 Å². The van der Waals surface area contributed by atoms with Crippen LogP contribution in [0.2, 0.25) is 0 Å². The van der Waals surface area contributed by atoms with Crippen LogP contribution in [0.15, 0.2) is 18.2 Å². The third-order valence-electron chi connectivity index (χ3n) is 3.69. The van der Waals surface area contributed by atoms with Gasteiger partial charge >= 0.3 is 0 Å². The first-order valence-corrected chi connectivity index (χ1v) is 6.90. The molecule has 7 nitrogen and oxygen atoms in total. The van der Waals surface area contributed by atoms with E-state index < -0.39 is 4.92 Å². The SMILES string of the molecule is CN(CC(=O)N1CCCC1)c1ccc([N+](=O)[O-])cc1CO. The van der Waals surface area contributed by atoms with Gasteiger partial charge in [-0.15, -0.1) is 0 Å². The van der Waals surface area contributed by atoms with Gasteiger partial charge < -0.3 is 14.9 Å². The number of amides is 1. The summed E-state index contributed by atoms with van der Waals surface area (Å²) in [4.78, 5) is 25.9. The predicted octanol–water partition coefficient (Wildman–Crippen LogP) is 1.15. The maximum atomic E-state index is 12.1. The highest BCUT2D eigenvalue weighted by atomic mass is 16.6. The molecule has 1 aliphatic heterocycles. The number of aliphatic hydroxyl groups excluding tert-OH is 1. The van der Waals surface area contributed by atoms with Crippen molar-refractivity contribution >= 4 is 17.3 Å². The maximum absolute atomic E-state index is 12.1. The summed E-state index contributed by atoms with van der Waals surface area (Å²) in [7, 11) is 1.74. The Morgan fingerprint density at radius 3 is 2.67 bits per heavy atom. The topological polar surface area (TPSA) is 86.9 Å². The molecule has 0 radical (unpaired) electrons. The van der Waals surface area contributed by atoms with Gasteiger partial charge in [-0.05, 0) is 18.9 Å². The van der Waals surface area contributed by atoms with Gasteiger partial charge in [0.15, 0.2) is 0 Å². The van der Waals surface area contributed by atoms with Crippen LogP contribution in [0.1, 0.15) is 18.4 Å². The zero-order valence-corrected chi connectivity index (χ0v) is 12.0. The molecule has 1 amide bonds. The number of nitro groups is 1. The van der Waals surface area contributed by atoms with E-state index in [0.29, 0.717) is 11.3 Å². The molecule has 0 aromatic heterocycles. The average molecular weight is 293 g/mol. The van der Waals surface area contributed by atoms with E-state index >= 15 is 0 Å². The van der Waals surface area contributed by atoms with Crippen molar-refractivity contribution in [2.24, 2.45) is 0 Å². The molecule has 1 fully saturated rings. The molecule has 1 saturated heterocycles. The van der Waals surface area contributed by atoms with Gasteiger partial charge in [-0.3, -0.25) is 14.9 Å². The number of nitrogens with zero attached hydrogens (tertiary/aromatic N) is 3. The Balaban J connectivity index is 2.12. The van der Waals surface area contributed by atoms with E-state index in [1.165, 1.54) is 12.1 Å². The third kappa shape index (κ3) is 3.49. The quantitative estimate of drug-likeness (QED) is 0.650. The number of rotatable bonds is 5. The summed E-state index contributed by atoms with van der Waals surface area (Å²) < 4.78 is 0. The second-order valence-electron chi connectivity index (χ2n) is 5.17. The lowest BCUT2D eigenvalue weighted by Gasteiger charge is -2.24. The number of non-ortho nitro benzene ring substituents is 1. The molecule has 0 atom stereocenters. The lowest BCUT2D eigenvalue weighted by Crippen LogP contribution is -2.37. The van der Waals surface area contributed by atoms with E-state index in [2.05, 4.69) is 0 Å². The number of likely N-dealkylation sites (N-methyl/N-ethyl adjacent to an activating group) is 1. The number of likely N-dealkylation sites (tertiary alicyclic amines) is 1. The van der Waals surface area contributed by atoms with Gasteiger partial charge in [0, 0.05) is 43.5 Å². The van der Waals surface area contributed by atoms with E-state index in [9.17, 15) is 20.0 Å². The van der Waals surface area contributed by atoms with Gasteiger partial charge in [-0.1, -0.05) is 0 Å². The molecule has 0 aliphatic carbocycles. The first-order chi connectivity index (χ1) is 10.0. The Morgan fingerprint density at radius 2 is 2.10 bits per heavy atom. The van der Waals surface area contributed by atoms with Crippen molar-refractivity contribution in [3.63, 3.8) is 0 Å². The Labute approximate surface area is 122 Å². The Hall–Kier alpha value is -2.15. The molecule has 1 N–H and O–H groups in total. The van der Waals surface area contributed by atoms with Crippen molar-refractivity contribution in [1.29, 1.82) is 0 Å². The van der Waals surface area contributed by atoms with Crippen molar-refractivity contribution in [3.8, 4) is 0 Å². The molecule has 2 rings (SSSR count). The van der Waals surface area contributed by atoms with Crippen molar-refractivity contribution < 1.29 is 14.8 Å². The third-order valence-corrected chi connectivity index (χ3v) is 3.69. The van der Waals surface area contributed by atoms with Crippen LogP contribution in [0.4, 0.5) is 11.4 Å². The first kappa shape index (κ1) is 15.2. The summed E-state index contributed by atoms with van der Waals surface area (Å²) in [6.07, 6.45) is 2.07. The molecule has 21 heavy (non-hydrogen) atoms. The second-order valence-corrected chi connectivity index (χ2v) is 5.17. The number of benzene rings is 1. The van der Waals surface area contributed by atoms with Crippen LogP contribution < -0.4 is 4.90 Å². The van der Waals surface area contributed by atoms with E-state index in [1.54, 1.807) is 18.0 Å². The van der Waals surface area contributed by atoms with Crippen LogP contribution in [0, 0.1) is 10.1 Å². The number of carbonyl (C=O) groups excluding carboxylic acids is 1. The molecule has 1 aromatic carbocycles. The molecule has 114 valence electrons. The van der Waals surface area contributed by atoms with Gasteiger partial charge in [-0.25, -0.2) is 0 Å². The van der Waals surface area contributed by atoms with Crippen LogP contribution >= 0.6 is 0 Å². The normalized spacial score (nSPS) is 14.3. The van der Waals surface area contributed by atoms with E-state index in [1.807, 2.05) is 4.90 Å². The lowest BCUT2D eigenvalue weighted by atomic mass is 10.1. The first-order valence-electron chi connectivity index (χ1n) is 6.90. The minimum absolute atomic E-state index is 0.0391. The van der Waals surface area contributed by atoms with Crippen LogP contribution in [0.3, 0.4) is 0 Å². The number of hydrogen-bond donors (Lipinski definition) is 1. The van der Waals surface area contributed by atoms with Crippen LogP contribution in [0.5, 0.6) is 0 Å². The van der Waals surface area contributed by atoms with Gasteiger partial charge in [-0.2, -0.15) is 0 Å². The number of anilines is 1. The fourth-order valence-electron chi connectivity index (χ4n) is 2.54. The molecule has 1 heterocycles. The monoisotopic (exact) mass is 293 g/mol. The Morgan fingerprint density at radius 1 is 1.43 bits per heavy atom. The van der Waals surface area contributed by atoms with E-state index in [4.69, 9.17) is 0 Å². The molecule has 1 aromatic rings. The van der Waals surface area contributed by atoms with Gasteiger partial charge in [0.25, 0.3) is 5.69 Å². The largest absolute Gasteiger partial charge is 0.392 e. The minimum Gasteiger partial charge on any atom is -0.392 e. The van der Waals surface area contributed by atoms with Crippen LogP contribution in [0.25, 0.3) is 0 Å². The zero-order valence-electron chi connectivity index (χ0n) is 12.0. The van der Waals surface area contributed by atoms with E-state index in [-0.39, 0.29) is 24.7 Å². The summed E-state index contributed by atoms with van der Waals surface area (Å²) in [5.74, 6) is 0.0391. The molecular formula is C14H19N3O4. The molecule has 0 unspecified atom stereocenters. The fourth-order valence-corrected chi connectivity index (χ4v) is 2.54. The Bertz CT molecular complexity index is 541. The van der Waals surface area contributed by atoms with Crippen LogP contribution in [-0.2, 0) is 11.4 Å². The smallest absolute Gasteiger partial charge is 0.269 e. The molecule has 1 aliphatic rings. The highest BCUT2D eigenvalue weighted by Crippen LogP contribution is 2.25. The molecule has 0 saturated carbocycles. The number of carbonyl (C=O) groups is 1. The number of nitro benzene ring substituents is 1. The van der Waals surface area contributed by atoms with Crippen molar-refractivity contribution in [2.45, 2.75) is 19.4 Å². The average Bonchev–Trinajstić information content (AvgIpc) is 3.00. The summed E-state index contributed by atoms with van der Waals surface area (Å²) in [5, 5.41) is 20.1. The summed E-state index contributed by atoms with van der Waals surface area (Å²) in [5.41, 5.74) is 1.01. The van der Waals surface area contributed by atoms with E-state index in [0.717, 1.165) is 25.9 Å². The summed E-state index contributed by atoms with van der Waals surface area (Å²) in [6, 6.07) is 4.29. The molecule has 7 heteroatoms. The number of aliphatic hydroxyl groups is 1. The van der Waals surface area contributed by atoms with Crippen molar-refractivity contribution in [1.82, 2.24) is 4.90 Å². The predicted molar refractivity (Wildman–Crippen MR) is 78.1 cm³/mol. The van der Waals surface area contributed by atoms with Crippen LogP contribution in [-0.4, -0.2) is 47.5 Å². The van der Waals surface area contributed by atoms with Crippen molar-refractivity contribution in [3.05, 3.63) is 33.9 Å². The van der Waals surface area contributed by atoms with Crippen molar-refractivity contribution in [2.75, 3.05) is 31.6 Å². The standard InChI is InChI=1S/C14H19N3O4/c1-15(9-14(19)16-6-2-3-7-16)13-5-4-12(17(20)21)8-11(13)10-18/h4-5,8,18H,2-3,6-7,9-10H2,1H3. The molecule has 0 bridgehead atoms. The number of hydrogen-bond acceptors (Lipinski definition) is 5. The maximum Gasteiger partial charge on any atom is 0.269 e. The highest BCUT2D eigenvalue weighted by Gasteiger charge is 2.20. The minimum atomic E-state index is -0.502. The summed E-state index contributed by atoms with van der Waals surface area (Å²) in [6.45, 7) is 1.48. The molecular weight excluding hydrogens is 274 g/mol. The summed E-state index contributed by atoms with van der Waals surface area (Å²) >= 11 is 0. The molecule has 0 spiro atoms. The highest BCUT2D eigenvalue weighted by molar-refractivity contribution is 5.82. The lowest BCUT2D eigenvalue weighted by molar-refractivity contribution is -0.384. The second kappa shape index (κ2) is 6.53. The van der Waals surface area contributed by atoms with Gasteiger partial charge in [0.1, 0.15) is 0 Å². The zero-order chi connectivity index (χ0) is 15.4. The Kier molecular flexibility index (Phi) is 4.74.